The van der Waals surface area contributed by atoms with Crippen LogP contribution in [-0.4, -0.2) is 5.11 Å². The predicted molar refractivity (Wildman–Crippen MR) is 80.3 cm³/mol. The Balaban J connectivity index is 2.13. The van der Waals surface area contributed by atoms with Crippen LogP contribution in [0.15, 0.2) is 48.5 Å². The van der Waals surface area contributed by atoms with Gasteiger partial charge in [-0.3, -0.25) is 0 Å². The average Bonchev–Trinajstić information content (AvgIpc) is 2.42. The van der Waals surface area contributed by atoms with Gasteiger partial charge in [-0.25, -0.2) is 0 Å². The van der Waals surface area contributed by atoms with Crippen molar-refractivity contribution in [1.29, 1.82) is 0 Å². The molecule has 0 saturated carbocycles. The molecule has 0 heterocycles. The van der Waals surface area contributed by atoms with Crippen LogP contribution in [0.25, 0.3) is 0 Å². The summed E-state index contributed by atoms with van der Waals surface area (Å²) in [5, 5.41) is 10.5. The summed E-state index contributed by atoms with van der Waals surface area (Å²) in [4.78, 5) is 0. The summed E-state index contributed by atoms with van der Waals surface area (Å²) < 4.78 is 0. The predicted octanol–water partition coefficient (Wildman–Crippen LogP) is 4.53. The smallest absolute Gasteiger partial charge is 0.0798 e. The zero-order valence-electron chi connectivity index (χ0n) is 11.9. The van der Waals surface area contributed by atoms with Crippen molar-refractivity contribution in [1.82, 2.24) is 0 Å². The standard InChI is InChI=1S/C18H22O/c1-13-8-7-11-17(15(13)3)18(19)12-14(2)16-9-5-4-6-10-16/h4-11,14,18-19H,12H2,1-3H3. The highest BCUT2D eigenvalue weighted by molar-refractivity contribution is 5.35. The normalized spacial score (nSPS) is 14.1. The highest BCUT2D eigenvalue weighted by atomic mass is 16.3. The molecule has 0 bridgehead atoms. The second-order valence-electron chi connectivity index (χ2n) is 5.35. The summed E-state index contributed by atoms with van der Waals surface area (Å²) in [7, 11) is 0. The molecule has 0 spiro atoms. The lowest BCUT2D eigenvalue weighted by Crippen LogP contribution is -2.06. The Bertz CT molecular complexity index is 531. The number of aryl methyl sites for hydroxylation is 1. The Morgan fingerprint density at radius 2 is 1.63 bits per heavy atom. The molecule has 0 saturated heterocycles. The van der Waals surface area contributed by atoms with Crippen molar-refractivity contribution < 1.29 is 5.11 Å². The Hall–Kier alpha value is -1.60. The second kappa shape index (κ2) is 6.03. The fourth-order valence-electron chi connectivity index (χ4n) is 2.51. The molecule has 2 unspecified atom stereocenters. The number of aliphatic hydroxyl groups excluding tert-OH is 1. The van der Waals surface area contributed by atoms with Gasteiger partial charge < -0.3 is 5.11 Å². The van der Waals surface area contributed by atoms with Crippen LogP contribution in [0.3, 0.4) is 0 Å². The van der Waals surface area contributed by atoms with E-state index < -0.39 is 6.10 Å². The SMILES string of the molecule is Cc1cccc(C(O)CC(C)c2ccccc2)c1C. The van der Waals surface area contributed by atoms with Crippen molar-refractivity contribution in [2.24, 2.45) is 0 Å². The molecular weight excluding hydrogens is 232 g/mol. The topological polar surface area (TPSA) is 20.2 Å². The van der Waals surface area contributed by atoms with Gasteiger partial charge in [0.1, 0.15) is 0 Å². The van der Waals surface area contributed by atoms with E-state index >= 15 is 0 Å². The van der Waals surface area contributed by atoms with Crippen molar-refractivity contribution in [2.75, 3.05) is 0 Å². The lowest BCUT2D eigenvalue weighted by atomic mass is 9.90. The van der Waals surface area contributed by atoms with Crippen LogP contribution in [0.4, 0.5) is 0 Å². The summed E-state index contributed by atoms with van der Waals surface area (Å²) in [5.41, 5.74) is 4.79. The van der Waals surface area contributed by atoms with E-state index in [2.05, 4.69) is 51.1 Å². The molecule has 0 aliphatic heterocycles. The fourth-order valence-corrected chi connectivity index (χ4v) is 2.51. The van der Waals surface area contributed by atoms with E-state index in [0.717, 1.165) is 12.0 Å². The Labute approximate surface area is 115 Å². The summed E-state index contributed by atoms with van der Waals surface area (Å²) in [6, 6.07) is 16.5. The average molecular weight is 254 g/mol. The number of hydrogen-bond donors (Lipinski definition) is 1. The van der Waals surface area contributed by atoms with Gasteiger partial charge in [0.05, 0.1) is 6.10 Å². The van der Waals surface area contributed by atoms with Crippen LogP contribution in [0.1, 0.15) is 47.6 Å². The van der Waals surface area contributed by atoms with Gasteiger partial charge in [0, 0.05) is 0 Å². The summed E-state index contributed by atoms with van der Waals surface area (Å²) in [5.74, 6) is 0.358. The van der Waals surface area contributed by atoms with Gasteiger partial charge >= 0.3 is 0 Å². The lowest BCUT2D eigenvalue weighted by Gasteiger charge is -2.19. The molecule has 0 radical (unpaired) electrons. The second-order valence-corrected chi connectivity index (χ2v) is 5.35. The van der Waals surface area contributed by atoms with Crippen LogP contribution in [0, 0.1) is 13.8 Å². The zero-order chi connectivity index (χ0) is 13.8. The first-order valence-corrected chi connectivity index (χ1v) is 6.88. The Kier molecular flexibility index (Phi) is 4.39. The zero-order valence-corrected chi connectivity index (χ0v) is 11.9. The van der Waals surface area contributed by atoms with Gasteiger partial charge in [-0.2, -0.15) is 0 Å². The molecule has 2 rings (SSSR count). The molecule has 2 aromatic rings. The van der Waals surface area contributed by atoms with Crippen molar-refractivity contribution in [2.45, 2.75) is 39.2 Å². The van der Waals surface area contributed by atoms with Crippen molar-refractivity contribution in [3.63, 3.8) is 0 Å². The van der Waals surface area contributed by atoms with Gasteiger partial charge in [0.15, 0.2) is 0 Å². The molecule has 0 fully saturated rings. The highest BCUT2D eigenvalue weighted by Gasteiger charge is 2.16. The van der Waals surface area contributed by atoms with E-state index in [1.54, 1.807) is 0 Å². The fraction of sp³-hybridized carbons (Fsp3) is 0.333. The minimum Gasteiger partial charge on any atom is -0.388 e. The molecule has 1 nitrogen and oxygen atoms in total. The highest BCUT2D eigenvalue weighted by Crippen LogP contribution is 2.30. The Morgan fingerprint density at radius 1 is 0.947 bits per heavy atom. The Morgan fingerprint density at radius 3 is 2.32 bits per heavy atom. The van der Waals surface area contributed by atoms with Crippen LogP contribution >= 0.6 is 0 Å². The van der Waals surface area contributed by atoms with Gasteiger partial charge in [-0.15, -0.1) is 0 Å². The first kappa shape index (κ1) is 13.8. The molecule has 0 aromatic heterocycles. The maximum Gasteiger partial charge on any atom is 0.0798 e. The molecule has 19 heavy (non-hydrogen) atoms. The van der Waals surface area contributed by atoms with Crippen LogP contribution in [0.5, 0.6) is 0 Å². The number of aliphatic hydroxyl groups is 1. The molecule has 0 aliphatic carbocycles. The molecule has 2 atom stereocenters. The van der Waals surface area contributed by atoms with E-state index in [9.17, 15) is 5.11 Å². The monoisotopic (exact) mass is 254 g/mol. The number of benzene rings is 2. The summed E-state index contributed by atoms with van der Waals surface area (Å²) >= 11 is 0. The first-order valence-electron chi connectivity index (χ1n) is 6.88. The first-order chi connectivity index (χ1) is 9.09. The van der Waals surface area contributed by atoms with Crippen LogP contribution in [-0.2, 0) is 0 Å². The van der Waals surface area contributed by atoms with Crippen LogP contribution in [0.2, 0.25) is 0 Å². The van der Waals surface area contributed by atoms with Crippen LogP contribution < -0.4 is 0 Å². The number of rotatable bonds is 4. The van der Waals surface area contributed by atoms with E-state index in [4.69, 9.17) is 0 Å². The minimum atomic E-state index is -0.393. The maximum absolute atomic E-state index is 10.5. The van der Waals surface area contributed by atoms with Crippen molar-refractivity contribution in [3.05, 3.63) is 70.8 Å². The molecule has 2 aromatic carbocycles. The third kappa shape index (κ3) is 3.24. The molecule has 0 aliphatic rings. The van der Waals surface area contributed by atoms with E-state index in [1.165, 1.54) is 16.7 Å². The van der Waals surface area contributed by atoms with Crippen molar-refractivity contribution in [3.8, 4) is 0 Å². The minimum absolute atomic E-state index is 0.358. The molecule has 1 heteroatoms. The van der Waals surface area contributed by atoms with Gasteiger partial charge in [0.25, 0.3) is 0 Å². The van der Waals surface area contributed by atoms with Gasteiger partial charge in [-0.05, 0) is 48.4 Å². The van der Waals surface area contributed by atoms with E-state index in [-0.39, 0.29) is 0 Å². The van der Waals surface area contributed by atoms with E-state index in [0.29, 0.717) is 5.92 Å². The maximum atomic E-state index is 10.5. The molecule has 100 valence electrons. The van der Waals surface area contributed by atoms with Gasteiger partial charge in [-0.1, -0.05) is 55.5 Å². The molecular formula is C18H22O. The third-order valence-corrected chi connectivity index (χ3v) is 3.95. The summed E-state index contributed by atoms with van der Waals surface area (Å²) in [6.45, 7) is 6.34. The van der Waals surface area contributed by atoms with Crippen molar-refractivity contribution >= 4 is 0 Å². The summed E-state index contributed by atoms with van der Waals surface area (Å²) in [6.07, 6.45) is 0.365. The number of hydrogen-bond acceptors (Lipinski definition) is 1. The van der Waals surface area contributed by atoms with Gasteiger partial charge in [0.2, 0.25) is 0 Å². The van der Waals surface area contributed by atoms with E-state index in [1.807, 2.05) is 18.2 Å². The molecule has 0 amide bonds. The largest absolute Gasteiger partial charge is 0.388 e. The lowest BCUT2D eigenvalue weighted by molar-refractivity contribution is 0.159. The quantitative estimate of drug-likeness (QED) is 0.849. The molecule has 1 N–H and O–H groups in total. The third-order valence-electron chi connectivity index (χ3n) is 3.95.